The predicted molar refractivity (Wildman–Crippen MR) is 179 cm³/mol. The van der Waals surface area contributed by atoms with E-state index in [0.717, 1.165) is 13.2 Å². The Kier molecular flexibility index (Phi) is 37.9. The second kappa shape index (κ2) is 38.0. The number of unbranched alkanes of at least 4 members (excludes halogenated alkanes) is 32. The van der Waals surface area contributed by atoms with Crippen molar-refractivity contribution < 1.29 is 4.74 Å². The van der Waals surface area contributed by atoms with Gasteiger partial charge in [-0.25, -0.2) is 0 Å². The molecule has 0 saturated carbocycles. The van der Waals surface area contributed by atoms with Crippen LogP contribution in [0.4, 0.5) is 0 Å². The summed E-state index contributed by atoms with van der Waals surface area (Å²) < 4.78 is 5.64. The van der Waals surface area contributed by atoms with Gasteiger partial charge in [-0.1, -0.05) is 219 Å². The topological polar surface area (TPSA) is 9.23 Å². The maximum absolute atomic E-state index is 5.64. The van der Waals surface area contributed by atoms with Gasteiger partial charge in [-0.3, -0.25) is 0 Å². The predicted octanol–water partition coefficient (Wildman–Crippen LogP) is 14.3. The van der Waals surface area contributed by atoms with E-state index in [1.54, 1.807) is 0 Å². The van der Waals surface area contributed by atoms with E-state index in [2.05, 4.69) is 13.8 Å². The molecular weight excluding hydrogens is 472 g/mol. The maximum atomic E-state index is 5.64. The van der Waals surface area contributed by atoms with Crippen LogP contribution in [0.3, 0.4) is 0 Å². The fourth-order valence-corrected chi connectivity index (χ4v) is 5.93. The summed E-state index contributed by atoms with van der Waals surface area (Å²) in [6, 6.07) is 0. The van der Waals surface area contributed by atoms with Crippen molar-refractivity contribution in [3.05, 3.63) is 0 Å². The van der Waals surface area contributed by atoms with Crippen LogP contribution < -0.4 is 0 Å². The first-order valence-electron chi connectivity index (χ1n) is 19.0. The summed E-state index contributed by atoms with van der Waals surface area (Å²) in [7, 11) is 0. The van der Waals surface area contributed by atoms with Crippen LogP contribution in [-0.2, 0) is 4.74 Å². The van der Waals surface area contributed by atoms with Gasteiger partial charge in [-0.05, 0) is 12.8 Å². The van der Waals surface area contributed by atoms with Crippen LogP contribution in [0, 0.1) is 0 Å². The molecule has 0 amide bonds. The zero-order chi connectivity index (χ0) is 28.2. The van der Waals surface area contributed by atoms with E-state index >= 15 is 0 Å². The van der Waals surface area contributed by atoms with E-state index in [1.807, 2.05) is 0 Å². The molecule has 0 aromatic heterocycles. The minimum Gasteiger partial charge on any atom is -0.381 e. The van der Waals surface area contributed by atoms with Crippen LogP contribution in [-0.4, -0.2) is 13.2 Å². The highest BCUT2D eigenvalue weighted by Crippen LogP contribution is 2.16. The molecule has 0 aliphatic carbocycles. The molecule has 0 aromatic rings. The second-order valence-electron chi connectivity index (χ2n) is 12.9. The van der Waals surface area contributed by atoms with E-state index in [-0.39, 0.29) is 0 Å². The van der Waals surface area contributed by atoms with Crippen molar-refractivity contribution >= 4 is 0 Å². The highest BCUT2D eigenvalue weighted by Gasteiger charge is 1.97. The molecule has 0 saturated heterocycles. The third kappa shape index (κ3) is 38.0. The average molecular weight is 551 g/mol. The SMILES string of the molecule is CCCCCCCCCCCCCCCCCCCCCCCCCCCCCCCCCCOCCCC. The van der Waals surface area contributed by atoms with Crippen LogP contribution in [0.25, 0.3) is 0 Å². The van der Waals surface area contributed by atoms with Crippen LogP contribution in [0.2, 0.25) is 0 Å². The first kappa shape index (κ1) is 39.0. The quantitative estimate of drug-likeness (QED) is 0.0705. The van der Waals surface area contributed by atoms with Crippen LogP contribution in [0.5, 0.6) is 0 Å². The monoisotopic (exact) mass is 551 g/mol. The molecule has 0 aliphatic heterocycles. The summed E-state index contributed by atoms with van der Waals surface area (Å²) in [5, 5.41) is 0. The molecule has 236 valence electrons. The lowest BCUT2D eigenvalue weighted by molar-refractivity contribution is 0.127. The molecule has 0 radical (unpaired) electrons. The highest BCUT2D eigenvalue weighted by molar-refractivity contribution is 4.52. The Morgan fingerprint density at radius 1 is 0.205 bits per heavy atom. The zero-order valence-electron chi connectivity index (χ0n) is 27.9. The lowest BCUT2D eigenvalue weighted by atomic mass is 10.0. The van der Waals surface area contributed by atoms with E-state index in [9.17, 15) is 0 Å². The molecule has 0 rings (SSSR count). The lowest BCUT2D eigenvalue weighted by Gasteiger charge is -2.05. The molecule has 0 N–H and O–H groups in total. The van der Waals surface area contributed by atoms with Gasteiger partial charge in [0.1, 0.15) is 0 Å². The van der Waals surface area contributed by atoms with Gasteiger partial charge >= 0.3 is 0 Å². The van der Waals surface area contributed by atoms with Crippen molar-refractivity contribution in [3.8, 4) is 0 Å². The Hall–Kier alpha value is -0.0400. The first-order chi connectivity index (χ1) is 19.4. The molecule has 0 fully saturated rings. The van der Waals surface area contributed by atoms with E-state index in [1.165, 1.54) is 218 Å². The summed E-state index contributed by atoms with van der Waals surface area (Å²) in [5.74, 6) is 0. The molecule has 1 nitrogen and oxygen atoms in total. The van der Waals surface area contributed by atoms with Crippen LogP contribution >= 0.6 is 0 Å². The van der Waals surface area contributed by atoms with Crippen molar-refractivity contribution in [2.24, 2.45) is 0 Å². The molecule has 0 spiro atoms. The Morgan fingerprint density at radius 2 is 0.385 bits per heavy atom. The van der Waals surface area contributed by atoms with Gasteiger partial charge in [0, 0.05) is 13.2 Å². The van der Waals surface area contributed by atoms with Crippen molar-refractivity contribution in [3.63, 3.8) is 0 Å². The fraction of sp³-hybridized carbons (Fsp3) is 1.00. The van der Waals surface area contributed by atoms with Crippen molar-refractivity contribution in [1.82, 2.24) is 0 Å². The Labute approximate surface area is 249 Å². The summed E-state index contributed by atoms with van der Waals surface area (Å²) in [6.45, 7) is 6.49. The van der Waals surface area contributed by atoms with E-state index in [0.29, 0.717) is 0 Å². The summed E-state index contributed by atoms with van der Waals surface area (Å²) in [5.41, 5.74) is 0. The van der Waals surface area contributed by atoms with E-state index < -0.39 is 0 Å². The molecule has 0 aliphatic rings. The number of ether oxygens (including phenoxy) is 1. The molecule has 0 unspecified atom stereocenters. The summed E-state index contributed by atoms with van der Waals surface area (Å²) in [6.07, 6.45) is 49.4. The lowest BCUT2D eigenvalue weighted by Crippen LogP contribution is -1.96. The molecule has 39 heavy (non-hydrogen) atoms. The van der Waals surface area contributed by atoms with Crippen molar-refractivity contribution in [2.45, 2.75) is 232 Å². The summed E-state index contributed by atoms with van der Waals surface area (Å²) >= 11 is 0. The standard InChI is InChI=1S/C38H78O/c1-3-5-7-8-9-10-11-12-13-14-15-16-17-18-19-20-21-22-23-24-25-26-27-28-29-30-31-32-33-34-35-36-38-39-37-6-4-2/h3-38H2,1-2H3. The summed E-state index contributed by atoms with van der Waals surface area (Å²) in [4.78, 5) is 0. The minimum absolute atomic E-state index is 0.968. The third-order valence-corrected chi connectivity index (χ3v) is 8.78. The van der Waals surface area contributed by atoms with Gasteiger partial charge in [0.2, 0.25) is 0 Å². The second-order valence-corrected chi connectivity index (χ2v) is 12.9. The smallest absolute Gasteiger partial charge is 0.0466 e. The highest BCUT2D eigenvalue weighted by atomic mass is 16.5. The largest absolute Gasteiger partial charge is 0.381 e. The normalized spacial score (nSPS) is 11.5. The third-order valence-electron chi connectivity index (χ3n) is 8.78. The Bertz CT molecular complexity index is 356. The van der Waals surface area contributed by atoms with Crippen LogP contribution in [0.1, 0.15) is 232 Å². The van der Waals surface area contributed by atoms with Gasteiger partial charge in [-0.2, -0.15) is 0 Å². The number of hydrogen-bond acceptors (Lipinski definition) is 1. The average Bonchev–Trinajstić information content (AvgIpc) is 2.95. The molecule has 1 heteroatoms. The van der Waals surface area contributed by atoms with Gasteiger partial charge < -0.3 is 4.74 Å². The minimum atomic E-state index is 0.968. The Balaban J connectivity index is 3.01. The van der Waals surface area contributed by atoms with Crippen molar-refractivity contribution in [1.29, 1.82) is 0 Å². The van der Waals surface area contributed by atoms with Gasteiger partial charge in [0.15, 0.2) is 0 Å². The van der Waals surface area contributed by atoms with Gasteiger partial charge in [-0.15, -0.1) is 0 Å². The zero-order valence-corrected chi connectivity index (χ0v) is 27.9. The number of hydrogen-bond donors (Lipinski definition) is 0. The van der Waals surface area contributed by atoms with E-state index in [4.69, 9.17) is 4.74 Å². The number of rotatable bonds is 36. The van der Waals surface area contributed by atoms with Crippen molar-refractivity contribution in [2.75, 3.05) is 13.2 Å². The molecular formula is C38H78O. The Morgan fingerprint density at radius 3 is 0.615 bits per heavy atom. The molecule has 0 aromatic carbocycles. The fourth-order valence-electron chi connectivity index (χ4n) is 5.93. The first-order valence-corrected chi connectivity index (χ1v) is 19.0. The maximum Gasteiger partial charge on any atom is 0.0466 e. The molecule has 0 bridgehead atoms. The van der Waals surface area contributed by atoms with Gasteiger partial charge in [0.25, 0.3) is 0 Å². The molecule has 0 heterocycles. The molecule has 0 atom stereocenters. The van der Waals surface area contributed by atoms with Gasteiger partial charge in [0.05, 0.1) is 0 Å². The van der Waals surface area contributed by atoms with Crippen LogP contribution in [0.15, 0.2) is 0 Å².